The number of ether oxygens (including phenoxy) is 1. The van der Waals surface area contributed by atoms with E-state index in [0.717, 1.165) is 32.3 Å². The van der Waals surface area contributed by atoms with Gasteiger partial charge >= 0.3 is 0 Å². The standard InChI is InChI=1S/C17H34N4O.HI/c1-14-7-5-6-9-21(14)15(2)11-19-17(18-3)20(4)12-16-8-10-22-13-16;/h14-16H,5-13H2,1-4H3,(H,18,19);1H. The Morgan fingerprint density at radius 1 is 1.39 bits per heavy atom. The van der Waals surface area contributed by atoms with Gasteiger partial charge in [0, 0.05) is 51.8 Å². The number of nitrogens with one attached hydrogen (secondary N) is 1. The van der Waals surface area contributed by atoms with E-state index in [1.54, 1.807) is 0 Å². The Hall–Kier alpha value is -0.0800. The van der Waals surface area contributed by atoms with Gasteiger partial charge in [0.1, 0.15) is 0 Å². The summed E-state index contributed by atoms with van der Waals surface area (Å²) in [7, 11) is 4.00. The van der Waals surface area contributed by atoms with E-state index in [2.05, 4.69) is 41.0 Å². The molecule has 0 bridgehead atoms. The number of hydrogen-bond acceptors (Lipinski definition) is 3. The molecule has 0 aromatic rings. The maximum atomic E-state index is 5.47. The fraction of sp³-hybridized carbons (Fsp3) is 0.941. The molecule has 0 saturated carbocycles. The molecule has 0 aliphatic carbocycles. The number of rotatable bonds is 5. The lowest BCUT2D eigenvalue weighted by molar-refractivity contribution is 0.115. The van der Waals surface area contributed by atoms with Crippen LogP contribution in [0.2, 0.25) is 0 Å². The highest BCUT2D eigenvalue weighted by molar-refractivity contribution is 14.0. The third-order valence-corrected chi connectivity index (χ3v) is 5.11. The first-order valence-electron chi connectivity index (χ1n) is 8.87. The van der Waals surface area contributed by atoms with Crippen LogP contribution in [0.3, 0.4) is 0 Å². The molecule has 0 aromatic heterocycles. The van der Waals surface area contributed by atoms with Gasteiger partial charge in [-0.25, -0.2) is 0 Å². The molecule has 2 aliphatic heterocycles. The van der Waals surface area contributed by atoms with Crippen LogP contribution in [0.4, 0.5) is 0 Å². The smallest absolute Gasteiger partial charge is 0.193 e. The second-order valence-corrected chi connectivity index (χ2v) is 6.97. The molecule has 3 unspecified atom stereocenters. The summed E-state index contributed by atoms with van der Waals surface area (Å²) < 4.78 is 5.47. The molecule has 0 spiro atoms. The van der Waals surface area contributed by atoms with Gasteiger partial charge in [-0.2, -0.15) is 0 Å². The normalized spacial score (nSPS) is 27.4. The van der Waals surface area contributed by atoms with Gasteiger partial charge in [0.15, 0.2) is 5.96 Å². The predicted molar refractivity (Wildman–Crippen MR) is 108 cm³/mol. The van der Waals surface area contributed by atoms with Crippen molar-refractivity contribution < 1.29 is 4.74 Å². The van der Waals surface area contributed by atoms with Crippen molar-refractivity contribution in [3.05, 3.63) is 0 Å². The molecule has 2 saturated heterocycles. The molecule has 5 nitrogen and oxygen atoms in total. The lowest BCUT2D eigenvalue weighted by Crippen LogP contribution is -2.50. The molecule has 3 atom stereocenters. The van der Waals surface area contributed by atoms with Gasteiger partial charge in [-0.15, -0.1) is 24.0 Å². The van der Waals surface area contributed by atoms with Crippen LogP contribution >= 0.6 is 24.0 Å². The molecule has 0 aromatic carbocycles. The Bertz CT molecular complexity index is 361. The Morgan fingerprint density at radius 3 is 2.78 bits per heavy atom. The van der Waals surface area contributed by atoms with Crippen molar-refractivity contribution in [1.29, 1.82) is 0 Å². The Labute approximate surface area is 159 Å². The third-order valence-electron chi connectivity index (χ3n) is 5.11. The Morgan fingerprint density at radius 2 is 2.17 bits per heavy atom. The summed E-state index contributed by atoms with van der Waals surface area (Å²) in [6.45, 7) is 9.70. The van der Waals surface area contributed by atoms with Gasteiger partial charge < -0.3 is 15.0 Å². The van der Waals surface area contributed by atoms with Gasteiger partial charge in [-0.1, -0.05) is 6.42 Å². The number of piperidine rings is 1. The molecule has 0 amide bonds. The van der Waals surface area contributed by atoms with Crippen molar-refractivity contribution >= 4 is 29.9 Å². The van der Waals surface area contributed by atoms with Crippen LogP contribution in [0, 0.1) is 5.92 Å². The van der Waals surface area contributed by atoms with Crippen LogP contribution in [-0.4, -0.2) is 74.8 Å². The SMILES string of the molecule is CN=C(NCC(C)N1CCCCC1C)N(C)CC1CCOC1.I. The number of nitrogens with zero attached hydrogens (tertiary/aromatic N) is 3. The predicted octanol–water partition coefficient (Wildman–Crippen LogP) is 2.41. The second kappa shape index (κ2) is 10.7. The van der Waals surface area contributed by atoms with Crippen molar-refractivity contribution in [3.63, 3.8) is 0 Å². The fourth-order valence-corrected chi connectivity index (χ4v) is 3.72. The quantitative estimate of drug-likeness (QED) is 0.407. The van der Waals surface area contributed by atoms with Crippen molar-refractivity contribution in [2.75, 3.05) is 46.9 Å². The number of aliphatic imine (C=N–C) groups is 1. The average molecular weight is 438 g/mol. The van der Waals surface area contributed by atoms with Crippen molar-refractivity contribution in [2.45, 2.75) is 51.6 Å². The van der Waals surface area contributed by atoms with Crippen LogP contribution in [-0.2, 0) is 4.74 Å². The Kier molecular flexibility index (Phi) is 9.77. The van der Waals surface area contributed by atoms with Crippen molar-refractivity contribution in [1.82, 2.24) is 15.1 Å². The zero-order valence-corrected chi connectivity index (χ0v) is 17.6. The van der Waals surface area contributed by atoms with Crippen LogP contribution in [0.25, 0.3) is 0 Å². The van der Waals surface area contributed by atoms with Crippen molar-refractivity contribution in [3.8, 4) is 0 Å². The summed E-state index contributed by atoms with van der Waals surface area (Å²) in [5, 5.41) is 3.55. The van der Waals surface area contributed by atoms with E-state index in [1.807, 2.05) is 7.05 Å². The molecule has 6 heteroatoms. The monoisotopic (exact) mass is 438 g/mol. The molecule has 1 N–H and O–H groups in total. The number of hydrogen-bond donors (Lipinski definition) is 1. The van der Waals surface area contributed by atoms with Gasteiger partial charge in [0.05, 0.1) is 6.61 Å². The highest BCUT2D eigenvalue weighted by atomic mass is 127. The van der Waals surface area contributed by atoms with Gasteiger partial charge in [0.2, 0.25) is 0 Å². The van der Waals surface area contributed by atoms with Crippen LogP contribution in [0.15, 0.2) is 4.99 Å². The van der Waals surface area contributed by atoms with Gasteiger partial charge in [-0.3, -0.25) is 9.89 Å². The first kappa shape index (κ1) is 21.0. The zero-order valence-electron chi connectivity index (χ0n) is 15.3. The van der Waals surface area contributed by atoms with E-state index in [4.69, 9.17) is 4.74 Å². The third kappa shape index (κ3) is 6.38. The van der Waals surface area contributed by atoms with E-state index in [1.165, 1.54) is 32.2 Å². The second-order valence-electron chi connectivity index (χ2n) is 6.97. The molecular formula is C17H35IN4O. The van der Waals surface area contributed by atoms with Crippen LogP contribution in [0.5, 0.6) is 0 Å². The maximum Gasteiger partial charge on any atom is 0.193 e. The van der Waals surface area contributed by atoms with E-state index < -0.39 is 0 Å². The molecule has 2 aliphatic rings. The van der Waals surface area contributed by atoms with Gasteiger partial charge in [-0.05, 0) is 39.7 Å². The number of likely N-dealkylation sites (tertiary alicyclic amines) is 1. The summed E-state index contributed by atoms with van der Waals surface area (Å²) in [5.74, 6) is 1.64. The first-order chi connectivity index (χ1) is 10.6. The maximum absolute atomic E-state index is 5.47. The highest BCUT2D eigenvalue weighted by Crippen LogP contribution is 2.18. The minimum atomic E-state index is 0. The summed E-state index contributed by atoms with van der Waals surface area (Å²) in [4.78, 5) is 9.31. The number of halogens is 1. The summed E-state index contributed by atoms with van der Waals surface area (Å²) >= 11 is 0. The molecule has 136 valence electrons. The topological polar surface area (TPSA) is 40.1 Å². The molecule has 2 heterocycles. The zero-order chi connectivity index (χ0) is 15.9. The molecular weight excluding hydrogens is 403 g/mol. The van der Waals surface area contributed by atoms with E-state index >= 15 is 0 Å². The largest absolute Gasteiger partial charge is 0.381 e. The lowest BCUT2D eigenvalue weighted by atomic mass is 10.0. The minimum Gasteiger partial charge on any atom is -0.381 e. The average Bonchev–Trinajstić information content (AvgIpc) is 3.01. The van der Waals surface area contributed by atoms with Gasteiger partial charge in [0.25, 0.3) is 0 Å². The minimum absolute atomic E-state index is 0. The van der Waals surface area contributed by atoms with Crippen molar-refractivity contribution in [2.24, 2.45) is 10.9 Å². The lowest BCUT2D eigenvalue weighted by Gasteiger charge is -2.38. The summed E-state index contributed by atoms with van der Waals surface area (Å²) in [6, 6.07) is 1.26. The van der Waals surface area contributed by atoms with E-state index in [-0.39, 0.29) is 24.0 Å². The molecule has 2 fully saturated rings. The molecule has 0 radical (unpaired) electrons. The fourth-order valence-electron chi connectivity index (χ4n) is 3.72. The summed E-state index contributed by atoms with van der Waals surface area (Å²) in [6.07, 6.45) is 5.22. The number of guanidine groups is 1. The first-order valence-corrected chi connectivity index (χ1v) is 8.87. The Balaban J connectivity index is 0.00000264. The van der Waals surface area contributed by atoms with Crippen LogP contribution < -0.4 is 5.32 Å². The summed E-state index contributed by atoms with van der Waals surface area (Å²) in [5.41, 5.74) is 0. The molecule has 2 rings (SSSR count). The van der Waals surface area contributed by atoms with Crippen LogP contribution in [0.1, 0.15) is 39.5 Å². The van der Waals surface area contributed by atoms with E-state index in [0.29, 0.717) is 18.0 Å². The van der Waals surface area contributed by atoms with E-state index in [9.17, 15) is 0 Å². The molecule has 23 heavy (non-hydrogen) atoms. The highest BCUT2D eigenvalue weighted by Gasteiger charge is 2.24.